The highest BCUT2D eigenvalue weighted by atomic mass is 127. The maximum absolute atomic E-state index is 11.6. The predicted molar refractivity (Wildman–Crippen MR) is 121 cm³/mol. The van der Waals surface area contributed by atoms with Gasteiger partial charge < -0.3 is 29.3 Å². The van der Waals surface area contributed by atoms with Crippen molar-refractivity contribution in [2.75, 3.05) is 11.9 Å². The molecule has 0 fully saturated rings. The third-order valence-electron chi connectivity index (χ3n) is 4.73. The average molecular weight is 520 g/mol. The second kappa shape index (κ2) is 11.9. The van der Waals surface area contributed by atoms with Crippen LogP contribution in [-0.4, -0.2) is 11.5 Å². The van der Waals surface area contributed by atoms with Gasteiger partial charge in [0.25, 0.3) is 5.69 Å². The summed E-state index contributed by atoms with van der Waals surface area (Å²) in [6.45, 7) is 2.86. The summed E-state index contributed by atoms with van der Waals surface area (Å²) in [4.78, 5) is 11.3. The molecule has 3 aromatic carbocycles. The van der Waals surface area contributed by atoms with Gasteiger partial charge in [-0.3, -0.25) is 10.1 Å². The SMILES string of the molecule is CCCCNc1ccc(C[PH+](c2ccccc2)c2ccccc2)cc1[N+](=O)[O-].[I-]. The monoisotopic (exact) mass is 520 g/mol. The first-order chi connectivity index (χ1) is 13.7. The van der Waals surface area contributed by atoms with Gasteiger partial charge >= 0.3 is 0 Å². The van der Waals surface area contributed by atoms with Crippen LogP contribution in [0.4, 0.5) is 11.4 Å². The minimum absolute atomic E-state index is 0. The Hall–Kier alpha value is -1.98. The Labute approximate surface area is 190 Å². The number of nitrogens with zero attached hydrogens (tertiary/aromatic N) is 1. The summed E-state index contributed by atoms with van der Waals surface area (Å²) in [6, 6.07) is 26.6. The summed E-state index contributed by atoms with van der Waals surface area (Å²) in [5.74, 6) is 0. The van der Waals surface area contributed by atoms with Crippen LogP contribution < -0.4 is 39.9 Å². The molecule has 0 radical (unpaired) electrons. The molecule has 152 valence electrons. The summed E-state index contributed by atoms with van der Waals surface area (Å²) in [6.07, 6.45) is 2.86. The van der Waals surface area contributed by atoms with E-state index >= 15 is 0 Å². The molecule has 0 aliphatic heterocycles. The molecular formula is C23H26IN2O2P. The Balaban J connectivity index is 0.00000300. The Morgan fingerprint density at radius 2 is 1.52 bits per heavy atom. The van der Waals surface area contributed by atoms with Gasteiger partial charge in [-0.15, -0.1) is 0 Å². The molecule has 1 N–H and O–H groups in total. The highest BCUT2D eigenvalue weighted by Crippen LogP contribution is 2.39. The van der Waals surface area contributed by atoms with E-state index in [9.17, 15) is 10.1 Å². The summed E-state index contributed by atoms with van der Waals surface area (Å²) in [5.41, 5.74) is 1.78. The molecule has 0 saturated heterocycles. The molecule has 0 saturated carbocycles. The van der Waals surface area contributed by atoms with Crippen LogP contribution in [0.15, 0.2) is 78.9 Å². The number of nitro groups is 1. The number of rotatable bonds is 9. The summed E-state index contributed by atoms with van der Waals surface area (Å²) >= 11 is 0. The number of hydrogen-bond donors (Lipinski definition) is 1. The second-order valence-corrected chi connectivity index (χ2v) is 9.24. The van der Waals surface area contributed by atoms with E-state index in [1.807, 2.05) is 24.3 Å². The second-order valence-electron chi connectivity index (χ2n) is 6.78. The van der Waals surface area contributed by atoms with Crippen molar-refractivity contribution in [3.8, 4) is 0 Å². The van der Waals surface area contributed by atoms with Crippen LogP contribution >= 0.6 is 7.92 Å². The van der Waals surface area contributed by atoms with Crippen molar-refractivity contribution < 1.29 is 28.9 Å². The molecule has 0 atom stereocenters. The van der Waals surface area contributed by atoms with E-state index in [0.29, 0.717) is 5.69 Å². The molecule has 6 heteroatoms. The minimum Gasteiger partial charge on any atom is -1.00 e. The van der Waals surface area contributed by atoms with E-state index in [4.69, 9.17) is 0 Å². The first-order valence-corrected chi connectivity index (χ1v) is 11.4. The number of unbranched alkanes of at least 4 members (excludes halogenated alkanes) is 1. The minimum atomic E-state index is -1.07. The number of anilines is 1. The maximum atomic E-state index is 11.6. The molecule has 0 amide bonds. The van der Waals surface area contributed by atoms with Crippen molar-refractivity contribution in [3.63, 3.8) is 0 Å². The van der Waals surface area contributed by atoms with Crippen LogP contribution in [0.3, 0.4) is 0 Å². The molecule has 0 bridgehead atoms. The van der Waals surface area contributed by atoms with Crippen molar-refractivity contribution in [2.24, 2.45) is 0 Å². The van der Waals surface area contributed by atoms with Crippen molar-refractivity contribution in [1.82, 2.24) is 0 Å². The van der Waals surface area contributed by atoms with Crippen molar-refractivity contribution in [1.29, 1.82) is 0 Å². The number of halogens is 1. The first kappa shape index (κ1) is 23.3. The van der Waals surface area contributed by atoms with E-state index in [2.05, 4.69) is 60.8 Å². The van der Waals surface area contributed by atoms with E-state index in [0.717, 1.165) is 31.1 Å². The molecule has 0 aliphatic rings. The van der Waals surface area contributed by atoms with E-state index < -0.39 is 7.92 Å². The first-order valence-electron chi connectivity index (χ1n) is 9.67. The molecule has 4 nitrogen and oxygen atoms in total. The molecule has 29 heavy (non-hydrogen) atoms. The van der Waals surface area contributed by atoms with Crippen LogP contribution in [0, 0.1) is 10.1 Å². The lowest BCUT2D eigenvalue weighted by molar-refractivity contribution is -0.384. The molecule has 0 heterocycles. The topological polar surface area (TPSA) is 55.2 Å². The molecule has 3 rings (SSSR count). The van der Waals surface area contributed by atoms with Crippen molar-refractivity contribution in [2.45, 2.75) is 25.9 Å². The average Bonchev–Trinajstić information content (AvgIpc) is 2.74. The third-order valence-corrected chi connectivity index (χ3v) is 7.55. The van der Waals surface area contributed by atoms with Crippen molar-refractivity contribution in [3.05, 3.63) is 94.5 Å². The zero-order chi connectivity index (χ0) is 19.8. The van der Waals surface area contributed by atoms with Gasteiger partial charge in [0.05, 0.1) is 29.6 Å². The highest BCUT2D eigenvalue weighted by Gasteiger charge is 2.24. The fourth-order valence-corrected chi connectivity index (χ4v) is 5.80. The molecule has 0 aliphatic carbocycles. The van der Waals surface area contributed by atoms with Crippen LogP contribution in [-0.2, 0) is 6.16 Å². The van der Waals surface area contributed by atoms with Gasteiger partial charge in [-0.05, 0) is 42.3 Å². The quantitative estimate of drug-likeness (QED) is 0.155. The lowest BCUT2D eigenvalue weighted by Gasteiger charge is -2.12. The standard InChI is InChI=1S/C23H25N2O2P.HI/c1-2-3-16-24-22-15-14-19(17-23(22)25(26)27)18-28(20-10-6-4-7-11-20)21-12-8-5-9-13-21;/h4-15,17,24H,2-3,16,18H2,1H3;1H. The van der Waals surface area contributed by atoms with Crippen LogP contribution in [0.25, 0.3) is 0 Å². The van der Waals surface area contributed by atoms with Gasteiger partial charge in [0.1, 0.15) is 5.69 Å². The summed E-state index contributed by atoms with van der Waals surface area (Å²) in [5, 5.41) is 17.4. The Bertz CT molecular complexity index is 868. The van der Waals surface area contributed by atoms with Crippen LogP contribution in [0.5, 0.6) is 0 Å². The van der Waals surface area contributed by atoms with Gasteiger partial charge in [-0.1, -0.05) is 55.8 Å². The fourth-order valence-electron chi connectivity index (χ4n) is 3.24. The molecule has 3 aromatic rings. The van der Waals surface area contributed by atoms with Crippen molar-refractivity contribution >= 4 is 29.9 Å². The summed E-state index contributed by atoms with van der Waals surface area (Å²) < 4.78 is 0. The lowest BCUT2D eigenvalue weighted by atomic mass is 10.2. The Morgan fingerprint density at radius 3 is 2.03 bits per heavy atom. The lowest BCUT2D eigenvalue weighted by Crippen LogP contribution is -3.00. The van der Waals surface area contributed by atoms with Gasteiger partial charge in [-0.25, -0.2) is 0 Å². The predicted octanol–water partition coefficient (Wildman–Crippen LogP) is 2.18. The molecule has 0 spiro atoms. The highest BCUT2D eigenvalue weighted by molar-refractivity contribution is 7.72. The maximum Gasteiger partial charge on any atom is 0.292 e. The van der Waals surface area contributed by atoms with E-state index in [1.54, 1.807) is 6.07 Å². The normalized spacial score (nSPS) is 10.4. The number of nitro benzene ring substituents is 1. The van der Waals surface area contributed by atoms with E-state index in [-0.39, 0.29) is 34.6 Å². The van der Waals surface area contributed by atoms with Crippen LogP contribution in [0.1, 0.15) is 25.3 Å². The molecular weight excluding hydrogens is 494 g/mol. The van der Waals surface area contributed by atoms with Gasteiger partial charge in [0, 0.05) is 12.6 Å². The van der Waals surface area contributed by atoms with Gasteiger partial charge in [0.2, 0.25) is 0 Å². The number of benzene rings is 3. The van der Waals surface area contributed by atoms with Gasteiger partial charge in [-0.2, -0.15) is 0 Å². The Morgan fingerprint density at radius 1 is 0.931 bits per heavy atom. The number of nitrogens with one attached hydrogen (secondary N) is 1. The zero-order valence-corrected chi connectivity index (χ0v) is 19.6. The largest absolute Gasteiger partial charge is 1.00 e. The molecule has 0 unspecified atom stereocenters. The number of hydrogen-bond acceptors (Lipinski definition) is 3. The summed E-state index contributed by atoms with van der Waals surface area (Å²) in [7, 11) is -1.07. The van der Waals surface area contributed by atoms with Gasteiger partial charge in [0.15, 0.2) is 0 Å². The molecule has 0 aromatic heterocycles. The third kappa shape index (κ3) is 6.51. The van der Waals surface area contributed by atoms with E-state index in [1.165, 1.54) is 10.6 Å². The smallest absolute Gasteiger partial charge is 0.292 e. The zero-order valence-electron chi connectivity index (χ0n) is 16.5. The van der Waals surface area contributed by atoms with Crippen LogP contribution in [0.2, 0.25) is 0 Å². The fraction of sp³-hybridized carbons (Fsp3) is 0.217. The Kier molecular flexibility index (Phi) is 9.55.